The van der Waals surface area contributed by atoms with Crippen molar-refractivity contribution in [1.82, 2.24) is 14.9 Å². The number of fused-ring (bicyclic) bond motifs is 1. The minimum atomic E-state index is -0.169. The second-order valence-corrected chi connectivity index (χ2v) is 8.19. The third-order valence-electron chi connectivity index (χ3n) is 4.99. The van der Waals surface area contributed by atoms with E-state index in [2.05, 4.69) is 28.2 Å². The van der Waals surface area contributed by atoms with Gasteiger partial charge in [0.15, 0.2) is 0 Å². The van der Waals surface area contributed by atoms with Gasteiger partial charge in [0.2, 0.25) is 11.8 Å². The Kier molecular flexibility index (Phi) is 7.52. The fourth-order valence-corrected chi connectivity index (χ4v) is 4.06. The smallest absolute Gasteiger partial charge is 0.224 e. The SMILES string of the molecule is O=C(CCSC=Cc1ccccc1)N1CCOC(COc2ncnc3ccccc23)C1. The minimum Gasteiger partial charge on any atom is -0.474 e. The molecule has 7 heteroatoms. The zero-order valence-electron chi connectivity index (χ0n) is 17.2. The molecule has 0 bridgehead atoms. The summed E-state index contributed by atoms with van der Waals surface area (Å²) in [7, 11) is 0. The van der Waals surface area contributed by atoms with Crippen LogP contribution in [0.3, 0.4) is 0 Å². The van der Waals surface area contributed by atoms with Crippen molar-refractivity contribution in [2.75, 3.05) is 32.1 Å². The molecule has 6 nitrogen and oxygen atoms in total. The Morgan fingerprint density at radius 2 is 2.00 bits per heavy atom. The summed E-state index contributed by atoms with van der Waals surface area (Å²) in [6.45, 7) is 2.02. The number of rotatable bonds is 8. The van der Waals surface area contributed by atoms with Crippen LogP contribution in [0.15, 0.2) is 66.3 Å². The molecule has 0 saturated carbocycles. The number of morpholine rings is 1. The monoisotopic (exact) mass is 435 g/mol. The van der Waals surface area contributed by atoms with Crippen molar-refractivity contribution in [3.05, 3.63) is 71.9 Å². The van der Waals surface area contributed by atoms with Crippen LogP contribution in [0.5, 0.6) is 5.88 Å². The van der Waals surface area contributed by atoms with E-state index in [9.17, 15) is 4.79 Å². The first-order chi connectivity index (χ1) is 15.3. The number of hydrogen-bond donors (Lipinski definition) is 0. The number of hydrogen-bond acceptors (Lipinski definition) is 6. The number of ether oxygens (including phenoxy) is 2. The molecule has 0 spiro atoms. The van der Waals surface area contributed by atoms with Crippen LogP contribution in [-0.2, 0) is 9.53 Å². The van der Waals surface area contributed by atoms with Crippen molar-refractivity contribution in [1.29, 1.82) is 0 Å². The Labute approximate surface area is 186 Å². The van der Waals surface area contributed by atoms with Crippen LogP contribution in [0.2, 0.25) is 0 Å². The Hall–Kier alpha value is -2.90. The molecule has 160 valence electrons. The van der Waals surface area contributed by atoms with Crippen LogP contribution >= 0.6 is 11.8 Å². The van der Waals surface area contributed by atoms with Gasteiger partial charge < -0.3 is 14.4 Å². The predicted octanol–water partition coefficient (Wildman–Crippen LogP) is 4.03. The van der Waals surface area contributed by atoms with Gasteiger partial charge in [-0.1, -0.05) is 42.5 Å². The molecule has 1 atom stereocenters. The molecule has 0 radical (unpaired) electrons. The molecule has 4 rings (SSSR count). The lowest BCUT2D eigenvalue weighted by atomic mass is 10.2. The highest BCUT2D eigenvalue weighted by atomic mass is 32.2. The average Bonchev–Trinajstić information content (AvgIpc) is 2.83. The van der Waals surface area contributed by atoms with Crippen molar-refractivity contribution in [2.45, 2.75) is 12.5 Å². The van der Waals surface area contributed by atoms with E-state index >= 15 is 0 Å². The van der Waals surface area contributed by atoms with Gasteiger partial charge in [-0.15, -0.1) is 11.8 Å². The molecule has 2 aromatic carbocycles. The lowest BCUT2D eigenvalue weighted by Gasteiger charge is -2.32. The topological polar surface area (TPSA) is 64.6 Å². The number of amides is 1. The van der Waals surface area contributed by atoms with Crippen molar-refractivity contribution in [3.8, 4) is 5.88 Å². The van der Waals surface area contributed by atoms with Gasteiger partial charge in [-0.25, -0.2) is 9.97 Å². The second kappa shape index (κ2) is 10.9. The van der Waals surface area contributed by atoms with Gasteiger partial charge in [-0.2, -0.15) is 0 Å². The van der Waals surface area contributed by atoms with Crippen LogP contribution in [0.25, 0.3) is 17.0 Å². The van der Waals surface area contributed by atoms with Crippen LogP contribution in [0.4, 0.5) is 0 Å². The molecule has 1 aliphatic rings. The molecular weight excluding hydrogens is 410 g/mol. The third kappa shape index (κ3) is 6.06. The number of nitrogens with zero attached hydrogens (tertiary/aromatic N) is 3. The summed E-state index contributed by atoms with van der Waals surface area (Å²) in [6.07, 6.45) is 3.90. The number of benzene rings is 2. The zero-order valence-corrected chi connectivity index (χ0v) is 18.0. The fourth-order valence-electron chi connectivity index (χ4n) is 3.38. The highest BCUT2D eigenvalue weighted by molar-refractivity contribution is 8.02. The molecule has 1 aliphatic heterocycles. The van der Waals surface area contributed by atoms with Gasteiger partial charge in [0.1, 0.15) is 19.0 Å². The van der Waals surface area contributed by atoms with Crippen molar-refractivity contribution in [3.63, 3.8) is 0 Å². The van der Waals surface area contributed by atoms with Gasteiger partial charge in [-0.05, 0) is 29.2 Å². The van der Waals surface area contributed by atoms with E-state index in [0.717, 1.165) is 22.2 Å². The lowest BCUT2D eigenvalue weighted by molar-refractivity contribution is -0.139. The maximum Gasteiger partial charge on any atom is 0.224 e. The van der Waals surface area contributed by atoms with Crippen LogP contribution in [0.1, 0.15) is 12.0 Å². The van der Waals surface area contributed by atoms with Gasteiger partial charge in [0.05, 0.1) is 24.1 Å². The maximum atomic E-state index is 12.6. The minimum absolute atomic E-state index is 0.154. The summed E-state index contributed by atoms with van der Waals surface area (Å²) in [4.78, 5) is 23.0. The van der Waals surface area contributed by atoms with Crippen molar-refractivity contribution >= 4 is 34.6 Å². The summed E-state index contributed by atoms with van der Waals surface area (Å²) >= 11 is 1.65. The van der Waals surface area contributed by atoms with E-state index in [1.807, 2.05) is 52.8 Å². The summed E-state index contributed by atoms with van der Waals surface area (Å²) in [6, 6.07) is 17.9. The van der Waals surface area contributed by atoms with E-state index in [-0.39, 0.29) is 12.0 Å². The molecule has 1 aromatic heterocycles. The summed E-state index contributed by atoms with van der Waals surface area (Å²) < 4.78 is 11.7. The normalized spacial score (nSPS) is 16.6. The van der Waals surface area contributed by atoms with E-state index in [1.54, 1.807) is 11.8 Å². The number of thioether (sulfide) groups is 1. The molecule has 3 aromatic rings. The Bertz CT molecular complexity index is 1020. The third-order valence-corrected chi connectivity index (χ3v) is 5.76. The second-order valence-electron chi connectivity index (χ2n) is 7.17. The highest BCUT2D eigenvalue weighted by Crippen LogP contribution is 2.21. The fraction of sp³-hybridized carbons (Fsp3) is 0.292. The molecular formula is C24H25N3O3S. The number of carbonyl (C=O) groups is 1. The van der Waals surface area contributed by atoms with Gasteiger partial charge >= 0.3 is 0 Å². The van der Waals surface area contributed by atoms with Crippen LogP contribution < -0.4 is 4.74 Å². The summed E-state index contributed by atoms with van der Waals surface area (Å²) in [5.41, 5.74) is 2.00. The molecule has 1 fully saturated rings. The maximum absolute atomic E-state index is 12.6. The van der Waals surface area contributed by atoms with Crippen LogP contribution in [0, 0.1) is 0 Å². The first-order valence-corrected chi connectivity index (χ1v) is 11.4. The van der Waals surface area contributed by atoms with Gasteiger partial charge in [0.25, 0.3) is 0 Å². The first kappa shape index (κ1) is 21.3. The van der Waals surface area contributed by atoms with E-state index in [4.69, 9.17) is 9.47 Å². The lowest BCUT2D eigenvalue weighted by Crippen LogP contribution is -2.47. The summed E-state index contributed by atoms with van der Waals surface area (Å²) in [5, 5.41) is 2.92. The number of aromatic nitrogens is 2. The van der Waals surface area contributed by atoms with E-state index < -0.39 is 0 Å². The molecule has 2 heterocycles. The summed E-state index contributed by atoms with van der Waals surface area (Å²) in [5.74, 6) is 1.45. The molecule has 31 heavy (non-hydrogen) atoms. The molecule has 1 amide bonds. The number of carbonyl (C=O) groups excluding carboxylic acids is 1. The standard InChI is InChI=1S/C24H25N3O3S/c28-23(11-15-31-14-10-19-6-2-1-3-7-19)27-12-13-29-20(16-27)17-30-24-21-8-4-5-9-22(21)25-18-26-24/h1-10,14,18,20H,11-13,15-17H2. The Balaban J connectivity index is 1.22. The Morgan fingerprint density at radius 1 is 1.16 bits per heavy atom. The Morgan fingerprint density at radius 3 is 2.90 bits per heavy atom. The highest BCUT2D eigenvalue weighted by Gasteiger charge is 2.24. The average molecular weight is 436 g/mol. The zero-order chi connectivity index (χ0) is 21.3. The van der Waals surface area contributed by atoms with Gasteiger partial charge in [0, 0.05) is 18.7 Å². The van der Waals surface area contributed by atoms with Crippen molar-refractivity contribution < 1.29 is 14.3 Å². The first-order valence-electron chi connectivity index (χ1n) is 10.3. The van der Waals surface area contributed by atoms with E-state index in [0.29, 0.717) is 38.6 Å². The predicted molar refractivity (Wildman–Crippen MR) is 124 cm³/mol. The molecule has 0 N–H and O–H groups in total. The van der Waals surface area contributed by atoms with Gasteiger partial charge in [-0.3, -0.25) is 4.79 Å². The molecule has 1 unspecified atom stereocenters. The van der Waals surface area contributed by atoms with Crippen LogP contribution in [-0.4, -0.2) is 58.9 Å². The largest absolute Gasteiger partial charge is 0.474 e. The molecule has 1 saturated heterocycles. The van der Waals surface area contributed by atoms with Crippen molar-refractivity contribution in [2.24, 2.45) is 0 Å². The quantitative estimate of drug-likeness (QED) is 0.498. The van der Waals surface area contributed by atoms with E-state index in [1.165, 1.54) is 6.33 Å². The molecule has 0 aliphatic carbocycles. The number of para-hydroxylation sites is 1.